The molecule has 1 aromatic heterocycles. The van der Waals surface area contributed by atoms with Crippen molar-refractivity contribution in [2.24, 2.45) is 5.92 Å². The zero-order valence-electron chi connectivity index (χ0n) is 21.0. The number of methoxy groups -OCH3 is 1. The predicted molar refractivity (Wildman–Crippen MR) is 133 cm³/mol. The fraction of sp³-hybridized carbons (Fsp3) is 0.444. The first kappa shape index (κ1) is 26.7. The summed E-state index contributed by atoms with van der Waals surface area (Å²) in [4.78, 5) is 27.1. The molecule has 3 aromatic rings. The van der Waals surface area contributed by atoms with Gasteiger partial charge in [0.25, 0.3) is 11.8 Å². The summed E-state index contributed by atoms with van der Waals surface area (Å²) < 4.78 is 46.1. The predicted octanol–water partition coefficient (Wildman–Crippen LogP) is 4.68. The summed E-state index contributed by atoms with van der Waals surface area (Å²) in [5, 5.41) is 8.44. The van der Waals surface area contributed by atoms with Crippen molar-refractivity contribution >= 4 is 22.7 Å². The molecule has 1 aliphatic heterocycles. The second kappa shape index (κ2) is 11.3. The molecule has 10 heteroatoms. The number of carbonyl (C=O) groups excluding carboxylic acids is 2. The Kier molecular flexibility index (Phi) is 8.16. The lowest BCUT2D eigenvalue weighted by atomic mass is 10.0. The van der Waals surface area contributed by atoms with Crippen LogP contribution in [0.2, 0.25) is 0 Å². The van der Waals surface area contributed by atoms with E-state index in [1.807, 2.05) is 23.9 Å². The lowest BCUT2D eigenvalue weighted by molar-refractivity contribution is -0.137. The highest BCUT2D eigenvalue weighted by Crippen LogP contribution is 2.30. The Balaban J connectivity index is 1.41. The van der Waals surface area contributed by atoms with Gasteiger partial charge in [0, 0.05) is 56.0 Å². The van der Waals surface area contributed by atoms with E-state index < -0.39 is 11.7 Å². The van der Waals surface area contributed by atoms with E-state index in [0.717, 1.165) is 47.9 Å². The SMILES string of the molecule is COCCNC(=O)c1ccc2nn(CC3CCCN(C(=O)c4cccc(C(F)(F)F)c4)CC3)cc2c1C. The van der Waals surface area contributed by atoms with Crippen LogP contribution in [-0.4, -0.2) is 59.8 Å². The monoisotopic (exact) mass is 516 g/mol. The van der Waals surface area contributed by atoms with E-state index in [2.05, 4.69) is 10.4 Å². The minimum absolute atomic E-state index is 0.0594. The smallest absolute Gasteiger partial charge is 0.383 e. The normalized spacial score (nSPS) is 16.6. The number of nitrogens with one attached hydrogen (secondary N) is 1. The Morgan fingerprint density at radius 2 is 1.97 bits per heavy atom. The van der Waals surface area contributed by atoms with E-state index in [0.29, 0.717) is 38.3 Å². The van der Waals surface area contributed by atoms with Gasteiger partial charge < -0.3 is 15.0 Å². The molecule has 1 unspecified atom stereocenters. The number of rotatable bonds is 7. The van der Waals surface area contributed by atoms with Crippen molar-refractivity contribution in [3.63, 3.8) is 0 Å². The molecule has 2 heterocycles. The van der Waals surface area contributed by atoms with Gasteiger partial charge in [-0.2, -0.15) is 18.3 Å². The number of nitrogens with zero attached hydrogens (tertiary/aromatic N) is 3. The van der Waals surface area contributed by atoms with Gasteiger partial charge in [-0.3, -0.25) is 14.3 Å². The van der Waals surface area contributed by atoms with E-state index in [1.165, 1.54) is 12.1 Å². The Labute approximate surface area is 213 Å². The first-order valence-electron chi connectivity index (χ1n) is 12.4. The minimum atomic E-state index is -4.49. The fourth-order valence-corrected chi connectivity index (χ4v) is 4.81. The molecule has 37 heavy (non-hydrogen) atoms. The fourth-order valence-electron chi connectivity index (χ4n) is 4.81. The average molecular weight is 517 g/mol. The number of ether oxygens (including phenoxy) is 1. The molecule has 1 atom stereocenters. The molecule has 1 fully saturated rings. The Morgan fingerprint density at radius 1 is 1.16 bits per heavy atom. The van der Waals surface area contributed by atoms with Crippen molar-refractivity contribution < 1.29 is 27.5 Å². The average Bonchev–Trinajstić information content (AvgIpc) is 3.14. The Morgan fingerprint density at radius 3 is 2.73 bits per heavy atom. The first-order chi connectivity index (χ1) is 17.7. The third-order valence-electron chi connectivity index (χ3n) is 6.86. The second-order valence-corrected chi connectivity index (χ2v) is 9.44. The number of halogens is 3. The van der Waals surface area contributed by atoms with Crippen LogP contribution in [0.5, 0.6) is 0 Å². The van der Waals surface area contributed by atoms with Crippen LogP contribution in [0, 0.1) is 12.8 Å². The van der Waals surface area contributed by atoms with Gasteiger partial charge in [0.1, 0.15) is 0 Å². The van der Waals surface area contributed by atoms with Gasteiger partial charge in [-0.05, 0) is 68.0 Å². The van der Waals surface area contributed by atoms with Crippen molar-refractivity contribution in [3.05, 3.63) is 64.8 Å². The van der Waals surface area contributed by atoms with Crippen molar-refractivity contribution in [3.8, 4) is 0 Å². The van der Waals surface area contributed by atoms with Gasteiger partial charge in [-0.15, -0.1) is 0 Å². The van der Waals surface area contributed by atoms with Crippen molar-refractivity contribution in [2.75, 3.05) is 33.4 Å². The van der Waals surface area contributed by atoms with Crippen LogP contribution < -0.4 is 5.32 Å². The Bertz CT molecular complexity index is 1270. The maximum atomic E-state index is 13.1. The molecule has 0 bridgehead atoms. The molecule has 2 aromatic carbocycles. The third-order valence-corrected chi connectivity index (χ3v) is 6.86. The minimum Gasteiger partial charge on any atom is -0.383 e. The van der Waals surface area contributed by atoms with Crippen LogP contribution >= 0.6 is 0 Å². The maximum Gasteiger partial charge on any atom is 0.416 e. The summed E-state index contributed by atoms with van der Waals surface area (Å²) >= 11 is 0. The summed E-state index contributed by atoms with van der Waals surface area (Å²) in [6.45, 7) is 4.42. The molecule has 1 saturated heterocycles. The molecule has 4 rings (SSSR count). The first-order valence-corrected chi connectivity index (χ1v) is 12.4. The van der Waals surface area contributed by atoms with Crippen LogP contribution in [0.25, 0.3) is 10.9 Å². The van der Waals surface area contributed by atoms with E-state index in [-0.39, 0.29) is 23.3 Å². The van der Waals surface area contributed by atoms with E-state index in [9.17, 15) is 22.8 Å². The van der Waals surface area contributed by atoms with Gasteiger partial charge in [0.05, 0.1) is 17.7 Å². The zero-order chi connectivity index (χ0) is 26.6. The summed E-state index contributed by atoms with van der Waals surface area (Å²) in [7, 11) is 1.58. The van der Waals surface area contributed by atoms with Crippen molar-refractivity contribution in [2.45, 2.75) is 38.9 Å². The highest BCUT2D eigenvalue weighted by Gasteiger charge is 2.31. The van der Waals surface area contributed by atoms with Gasteiger partial charge >= 0.3 is 6.18 Å². The lowest BCUT2D eigenvalue weighted by Crippen LogP contribution is -2.32. The summed E-state index contributed by atoms with van der Waals surface area (Å²) in [6, 6.07) is 8.22. The number of alkyl halides is 3. The highest BCUT2D eigenvalue weighted by atomic mass is 19.4. The van der Waals surface area contributed by atoms with Crippen LogP contribution in [-0.2, 0) is 17.5 Å². The molecule has 1 N–H and O–H groups in total. The number of likely N-dealkylation sites (tertiary alicyclic amines) is 1. The number of benzene rings is 2. The third kappa shape index (κ3) is 6.30. The van der Waals surface area contributed by atoms with Crippen molar-refractivity contribution in [1.82, 2.24) is 20.0 Å². The van der Waals surface area contributed by atoms with Crippen LogP contribution in [0.3, 0.4) is 0 Å². The quantitative estimate of drug-likeness (QED) is 0.463. The largest absolute Gasteiger partial charge is 0.416 e. The molecule has 0 spiro atoms. The molecular weight excluding hydrogens is 485 g/mol. The molecule has 198 valence electrons. The number of amides is 2. The van der Waals surface area contributed by atoms with E-state index >= 15 is 0 Å². The number of hydrogen-bond acceptors (Lipinski definition) is 4. The molecule has 0 saturated carbocycles. The number of aromatic nitrogens is 2. The summed E-state index contributed by atoms with van der Waals surface area (Å²) in [6.07, 6.45) is -0.157. The number of aryl methyl sites for hydroxylation is 1. The summed E-state index contributed by atoms with van der Waals surface area (Å²) in [5.74, 6) is -0.257. The van der Waals surface area contributed by atoms with Crippen molar-refractivity contribution in [1.29, 1.82) is 0 Å². The van der Waals surface area contributed by atoms with Gasteiger partial charge in [-0.25, -0.2) is 0 Å². The van der Waals surface area contributed by atoms with Gasteiger partial charge in [0.2, 0.25) is 0 Å². The highest BCUT2D eigenvalue weighted by molar-refractivity contribution is 6.00. The van der Waals surface area contributed by atoms with Gasteiger partial charge in [0.15, 0.2) is 0 Å². The topological polar surface area (TPSA) is 76.5 Å². The van der Waals surface area contributed by atoms with Gasteiger partial charge in [-0.1, -0.05) is 6.07 Å². The van der Waals surface area contributed by atoms with E-state index in [1.54, 1.807) is 18.1 Å². The van der Waals surface area contributed by atoms with Crippen LogP contribution in [0.1, 0.15) is 51.1 Å². The molecule has 1 aliphatic rings. The number of hydrogen-bond donors (Lipinski definition) is 1. The molecular formula is C27H31F3N4O3. The molecule has 7 nitrogen and oxygen atoms in total. The zero-order valence-corrected chi connectivity index (χ0v) is 21.0. The van der Waals surface area contributed by atoms with Crippen LogP contribution in [0.15, 0.2) is 42.6 Å². The lowest BCUT2D eigenvalue weighted by Gasteiger charge is -2.21. The number of carbonyl (C=O) groups is 2. The molecule has 2 amide bonds. The standard InChI is InChI=1S/C27H31F3N4O3/c1-18-22(25(35)31-11-14-37-2)8-9-24-23(18)17-34(32-24)16-19-5-4-12-33(13-10-19)26(36)20-6-3-7-21(15-20)27(28,29)30/h3,6-9,15,17,19H,4-5,10-14,16H2,1-2H3,(H,31,35). The van der Waals surface area contributed by atoms with E-state index in [4.69, 9.17) is 4.74 Å². The molecule has 0 aliphatic carbocycles. The molecule has 0 radical (unpaired) electrons. The number of fused-ring (bicyclic) bond motifs is 1. The maximum absolute atomic E-state index is 13.1. The second-order valence-electron chi connectivity index (χ2n) is 9.44. The van der Waals surface area contributed by atoms with Crippen LogP contribution in [0.4, 0.5) is 13.2 Å². The Hall–Kier alpha value is -3.40. The summed E-state index contributed by atoms with van der Waals surface area (Å²) in [5.41, 5.74) is 1.51.